The summed E-state index contributed by atoms with van der Waals surface area (Å²) in [5, 5.41) is 26.9. The van der Waals surface area contributed by atoms with Gasteiger partial charge >= 0.3 is 0 Å². The predicted octanol–water partition coefficient (Wildman–Crippen LogP) is 2.83. The van der Waals surface area contributed by atoms with E-state index in [1.807, 2.05) is 25.1 Å². The third-order valence-corrected chi connectivity index (χ3v) is 4.24. The second kappa shape index (κ2) is 6.05. The van der Waals surface area contributed by atoms with Crippen LogP contribution in [-0.4, -0.2) is 29.0 Å². The maximum absolute atomic E-state index is 9.40. The summed E-state index contributed by atoms with van der Waals surface area (Å²) < 4.78 is 0. The van der Waals surface area contributed by atoms with Crippen LogP contribution in [0.15, 0.2) is 54.6 Å². The zero-order valence-electron chi connectivity index (χ0n) is 12.7. The van der Waals surface area contributed by atoms with E-state index in [1.54, 1.807) is 0 Å². The monoisotopic (exact) mass is 295 g/mol. The van der Waals surface area contributed by atoms with Gasteiger partial charge in [0.1, 0.15) is 0 Å². The molecule has 0 saturated heterocycles. The van der Waals surface area contributed by atoms with Crippen LogP contribution >= 0.6 is 0 Å². The number of nitrogens with one attached hydrogen (secondary N) is 1. The fourth-order valence-electron chi connectivity index (χ4n) is 2.66. The third kappa shape index (κ3) is 2.83. The smallest absolute Gasteiger partial charge is 0.0633 e. The fraction of sp³-hybridized carbons (Fsp3) is 0.263. The molecule has 3 rings (SSSR count). The van der Waals surface area contributed by atoms with Gasteiger partial charge in [-0.15, -0.1) is 0 Å². The van der Waals surface area contributed by atoms with Gasteiger partial charge in [-0.1, -0.05) is 42.5 Å². The van der Waals surface area contributed by atoms with Gasteiger partial charge in [0.15, 0.2) is 0 Å². The van der Waals surface area contributed by atoms with Crippen LogP contribution in [0.5, 0.6) is 0 Å². The van der Waals surface area contributed by atoms with Crippen LogP contribution < -0.4 is 5.32 Å². The fourth-order valence-corrected chi connectivity index (χ4v) is 2.66. The van der Waals surface area contributed by atoms with Crippen molar-refractivity contribution < 1.29 is 10.2 Å². The quantitative estimate of drug-likeness (QED) is 0.634. The van der Waals surface area contributed by atoms with E-state index in [-0.39, 0.29) is 13.2 Å². The van der Waals surface area contributed by atoms with Gasteiger partial charge in [0.25, 0.3) is 0 Å². The van der Waals surface area contributed by atoms with Crippen molar-refractivity contribution >= 4 is 21.5 Å². The van der Waals surface area contributed by atoms with E-state index >= 15 is 0 Å². The summed E-state index contributed by atoms with van der Waals surface area (Å²) in [4.78, 5) is 0. The molecule has 0 fully saturated rings. The predicted molar refractivity (Wildman–Crippen MR) is 90.9 cm³/mol. The van der Waals surface area contributed by atoms with E-state index in [0.717, 1.165) is 5.56 Å². The van der Waals surface area contributed by atoms with Crippen molar-refractivity contribution in [2.75, 3.05) is 13.2 Å². The number of fused-ring (bicyclic) bond motifs is 2. The molecule has 114 valence electrons. The Morgan fingerprint density at radius 1 is 0.864 bits per heavy atom. The molecule has 0 aromatic heterocycles. The zero-order valence-corrected chi connectivity index (χ0v) is 12.7. The molecule has 0 aliphatic carbocycles. The normalized spacial score (nSPS) is 12.1. The topological polar surface area (TPSA) is 52.5 Å². The first kappa shape index (κ1) is 15.0. The van der Waals surface area contributed by atoms with E-state index in [2.05, 4.69) is 41.7 Å². The van der Waals surface area contributed by atoms with E-state index in [0.29, 0.717) is 6.54 Å². The molecule has 0 bridgehead atoms. The molecule has 0 radical (unpaired) electrons. The van der Waals surface area contributed by atoms with Gasteiger partial charge in [-0.3, -0.25) is 0 Å². The first-order valence-electron chi connectivity index (χ1n) is 7.52. The summed E-state index contributed by atoms with van der Waals surface area (Å²) in [5.41, 5.74) is 0.496. The molecule has 0 amide bonds. The van der Waals surface area contributed by atoms with Gasteiger partial charge in [-0.05, 0) is 46.2 Å². The highest BCUT2D eigenvalue weighted by atomic mass is 16.3. The highest BCUT2D eigenvalue weighted by molar-refractivity contribution is 5.99. The molecular weight excluding hydrogens is 274 g/mol. The summed E-state index contributed by atoms with van der Waals surface area (Å²) in [5.74, 6) is 0. The highest BCUT2D eigenvalue weighted by Gasteiger charge is 2.21. The lowest BCUT2D eigenvalue weighted by molar-refractivity contribution is 0.103. The average molecular weight is 295 g/mol. The maximum Gasteiger partial charge on any atom is 0.0633 e. The molecule has 3 nitrogen and oxygen atoms in total. The Kier molecular flexibility index (Phi) is 4.12. The lowest BCUT2D eigenvalue weighted by Gasteiger charge is -2.26. The van der Waals surface area contributed by atoms with Crippen LogP contribution in [0, 0.1) is 0 Å². The molecule has 0 saturated carbocycles. The largest absolute Gasteiger partial charge is 0.394 e. The molecule has 22 heavy (non-hydrogen) atoms. The van der Waals surface area contributed by atoms with Gasteiger partial charge in [0.2, 0.25) is 0 Å². The minimum Gasteiger partial charge on any atom is -0.394 e. The molecular formula is C19H21NO2. The molecule has 0 spiro atoms. The van der Waals surface area contributed by atoms with Gasteiger partial charge in [-0.2, -0.15) is 0 Å². The number of benzene rings is 3. The van der Waals surface area contributed by atoms with Gasteiger partial charge in [0, 0.05) is 6.54 Å². The Morgan fingerprint density at radius 3 is 2.18 bits per heavy atom. The van der Waals surface area contributed by atoms with Crippen LogP contribution in [0.2, 0.25) is 0 Å². The molecule has 0 aliphatic rings. The van der Waals surface area contributed by atoms with Crippen molar-refractivity contribution in [1.29, 1.82) is 0 Å². The van der Waals surface area contributed by atoms with Gasteiger partial charge in [-0.25, -0.2) is 0 Å². The van der Waals surface area contributed by atoms with E-state index in [9.17, 15) is 10.2 Å². The lowest BCUT2D eigenvalue weighted by Crippen LogP contribution is -2.48. The van der Waals surface area contributed by atoms with Crippen LogP contribution in [0.4, 0.5) is 0 Å². The first-order chi connectivity index (χ1) is 10.6. The number of hydrogen-bond donors (Lipinski definition) is 3. The minimum absolute atomic E-state index is 0.100. The minimum atomic E-state index is -0.668. The molecule has 3 aromatic rings. The summed E-state index contributed by atoms with van der Waals surface area (Å²) in [6.45, 7) is 2.22. The molecule has 0 aliphatic heterocycles. The molecule has 3 heteroatoms. The highest BCUT2D eigenvalue weighted by Crippen LogP contribution is 2.25. The second-order valence-corrected chi connectivity index (χ2v) is 6.07. The van der Waals surface area contributed by atoms with Crippen molar-refractivity contribution in [3.63, 3.8) is 0 Å². The molecule has 3 N–H and O–H groups in total. The maximum atomic E-state index is 9.40. The van der Waals surface area contributed by atoms with Crippen LogP contribution in [-0.2, 0) is 6.54 Å². The third-order valence-electron chi connectivity index (χ3n) is 4.24. The number of hydrogen-bond acceptors (Lipinski definition) is 3. The van der Waals surface area contributed by atoms with Crippen molar-refractivity contribution in [2.24, 2.45) is 0 Å². The summed E-state index contributed by atoms with van der Waals surface area (Å²) in [7, 11) is 0. The van der Waals surface area contributed by atoms with E-state index in [1.165, 1.54) is 21.5 Å². The Labute approximate surface area is 130 Å². The average Bonchev–Trinajstić information content (AvgIpc) is 2.57. The molecule has 0 unspecified atom stereocenters. The molecule has 0 heterocycles. The van der Waals surface area contributed by atoms with Crippen molar-refractivity contribution in [2.45, 2.75) is 19.0 Å². The van der Waals surface area contributed by atoms with Crippen molar-refractivity contribution in [3.8, 4) is 0 Å². The Hall–Kier alpha value is -1.94. The number of aliphatic hydroxyl groups excluding tert-OH is 2. The van der Waals surface area contributed by atoms with Crippen LogP contribution in [0.1, 0.15) is 12.5 Å². The van der Waals surface area contributed by atoms with Crippen molar-refractivity contribution in [1.82, 2.24) is 5.32 Å². The lowest BCUT2D eigenvalue weighted by atomic mass is 9.98. The standard InChI is InChI=1S/C19H21NO2/c1-19(12-21,13-22)20-11-17-8-4-7-16-9-14-5-2-3-6-15(14)10-18(16)17/h2-10,20-22H,11-13H2,1H3. The number of aliphatic hydroxyl groups is 2. The molecule has 3 aromatic carbocycles. The van der Waals surface area contributed by atoms with Crippen LogP contribution in [0.25, 0.3) is 21.5 Å². The van der Waals surface area contributed by atoms with E-state index < -0.39 is 5.54 Å². The first-order valence-corrected chi connectivity index (χ1v) is 7.52. The summed E-state index contributed by atoms with van der Waals surface area (Å²) in [6.07, 6.45) is 0. The van der Waals surface area contributed by atoms with E-state index in [4.69, 9.17) is 0 Å². The molecule has 0 atom stereocenters. The van der Waals surface area contributed by atoms with Gasteiger partial charge < -0.3 is 15.5 Å². The van der Waals surface area contributed by atoms with Gasteiger partial charge in [0.05, 0.1) is 18.8 Å². The second-order valence-electron chi connectivity index (χ2n) is 6.07. The Bertz CT molecular complexity index is 794. The zero-order chi connectivity index (χ0) is 15.6. The Morgan fingerprint density at radius 2 is 1.50 bits per heavy atom. The van der Waals surface area contributed by atoms with Crippen molar-refractivity contribution in [3.05, 3.63) is 60.2 Å². The Balaban J connectivity index is 2.01. The summed E-state index contributed by atoms with van der Waals surface area (Å²) >= 11 is 0. The van der Waals surface area contributed by atoms with Crippen LogP contribution in [0.3, 0.4) is 0 Å². The SMILES string of the molecule is CC(CO)(CO)NCc1cccc2cc3ccccc3cc12. The number of rotatable bonds is 5. The summed E-state index contributed by atoms with van der Waals surface area (Å²) in [6, 6.07) is 19.0.